The Kier molecular flexibility index (Phi) is 6.61. The van der Waals surface area contributed by atoms with Crippen molar-refractivity contribution in [3.8, 4) is 11.3 Å². The molecule has 1 aromatic heterocycles. The topological polar surface area (TPSA) is 70.1 Å². The van der Waals surface area contributed by atoms with Gasteiger partial charge in [0.1, 0.15) is 5.82 Å². The molecule has 0 fully saturated rings. The fraction of sp³-hybridized carbons (Fsp3) is 0.304. The second-order valence-electron chi connectivity index (χ2n) is 7.34. The third kappa shape index (κ3) is 5.30. The molecule has 3 rings (SSSR count). The molecule has 3 aromatic rings. The van der Waals surface area contributed by atoms with Crippen LogP contribution in [0.2, 0.25) is 0 Å². The third-order valence-corrected chi connectivity index (χ3v) is 4.71. The first-order valence-electron chi connectivity index (χ1n) is 9.66. The predicted molar refractivity (Wildman–Crippen MR) is 115 cm³/mol. The number of hydrogen-bond acceptors (Lipinski definition) is 5. The lowest BCUT2D eigenvalue weighted by atomic mass is 10.1. The van der Waals surface area contributed by atoms with Crippen molar-refractivity contribution < 1.29 is 5.11 Å². The predicted octanol–water partition coefficient (Wildman–Crippen LogP) is 4.49. The van der Waals surface area contributed by atoms with E-state index in [1.165, 1.54) is 11.1 Å². The molecule has 0 saturated carbocycles. The summed E-state index contributed by atoms with van der Waals surface area (Å²) in [7, 11) is 0. The van der Waals surface area contributed by atoms with Crippen LogP contribution in [0, 0.1) is 12.8 Å². The summed E-state index contributed by atoms with van der Waals surface area (Å²) >= 11 is 0. The average molecular weight is 377 g/mol. The molecule has 0 aliphatic carbocycles. The summed E-state index contributed by atoms with van der Waals surface area (Å²) in [5.74, 6) is 1.52. The Bertz CT molecular complexity index is 879. The molecule has 146 valence electrons. The van der Waals surface area contributed by atoms with Crippen LogP contribution in [-0.4, -0.2) is 27.7 Å². The number of benzene rings is 2. The molecule has 1 heterocycles. The van der Waals surface area contributed by atoms with Crippen molar-refractivity contribution in [2.45, 2.75) is 33.4 Å². The van der Waals surface area contributed by atoms with Gasteiger partial charge >= 0.3 is 0 Å². The SMILES string of the molecule is Cc1ccc(CNc2cc(-c3ccccc3)nc(N[C@H](CO)C(C)C)n2)cc1. The maximum Gasteiger partial charge on any atom is 0.225 e. The highest BCUT2D eigenvalue weighted by Crippen LogP contribution is 2.22. The number of nitrogens with zero attached hydrogens (tertiary/aromatic N) is 2. The summed E-state index contributed by atoms with van der Waals surface area (Å²) < 4.78 is 0. The van der Waals surface area contributed by atoms with Crippen molar-refractivity contribution in [2.75, 3.05) is 17.2 Å². The minimum Gasteiger partial charge on any atom is -0.394 e. The Hall–Kier alpha value is -2.92. The maximum absolute atomic E-state index is 9.65. The zero-order valence-electron chi connectivity index (χ0n) is 16.7. The van der Waals surface area contributed by atoms with E-state index in [1.54, 1.807) is 0 Å². The van der Waals surface area contributed by atoms with Crippen molar-refractivity contribution >= 4 is 11.8 Å². The van der Waals surface area contributed by atoms with Crippen LogP contribution in [0.5, 0.6) is 0 Å². The average Bonchev–Trinajstić information content (AvgIpc) is 2.72. The fourth-order valence-electron chi connectivity index (χ4n) is 2.85. The Morgan fingerprint density at radius 3 is 2.32 bits per heavy atom. The quantitative estimate of drug-likeness (QED) is 0.540. The second-order valence-corrected chi connectivity index (χ2v) is 7.34. The van der Waals surface area contributed by atoms with Gasteiger partial charge in [0, 0.05) is 18.2 Å². The van der Waals surface area contributed by atoms with E-state index in [0.29, 0.717) is 12.5 Å². The van der Waals surface area contributed by atoms with Gasteiger partial charge in [0.2, 0.25) is 5.95 Å². The molecule has 0 aliphatic heterocycles. The fourth-order valence-corrected chi connectivity index (χ4v) is 2.85. The van der Waals surface area contributed by atoms with Gasteiger partial charge in [-0.3, -0.25) is 0 Å². The minimum atomic E-state index is -0.101. The Labute approximate surface area is 166 Å². The summed E-state index contributed by atoms with van der Waals surface area (Å²) in [4.78, 5) is 9.28. The van der Waals surface area contributed by atoms with Gasteiger partial charge < -0.3 is 15.7 Å². The van der Waals surface area contributed by atoms with E-state index in [1.807, 2.05) is 36.4 Å². The second kappa shape index (κ2) is 9.33. The molecule has 2 aromatic carbocycles. The van der Waals surface area contributed by atoms with Gasteiger partial charge in [-0.2, -0.15) is 4.98 Å². The normalized spacial score (nSPS) is 12.0. The van der Waals surface area contributed by atoms with E-state index < -0.39 is 0 Å². The zero-order valence-corrected chi connectivity index (χ0v) is 16.7. The van der Waals surface area contributed by atoms with Crippen LogP contribution in [0.15, 0.2) is 60.7 Å². The highest BCUT2D eigenvalue weighted by molar-refractivity contribution is 5.64. The molecule has 5 heteroatoms. The lowest BCUT2D eigenvalue weighted by Crippen LogP contribution is -2.30. The smallest absolute Gasteiger partial charge is 0.225 e. The number of aromatic nitrogens is 2. The number of nitrogens with one attached hydrogen (secondary N) is 2. The van der Waals surface area contributed by atoms with Gasteiger partial charge in [-0.05, 0) is 18.4 Å². The van der Waals surface area contributed by atoms with Crippen LogP contribution in [0.1, 0.15) is 25.0 Å². The Morgan fingerprint density at radius 1 is 0.964 bits per heavy atom. The van der Waals surface area contributed by atoms with Crippen molar-refractivity contribution in [2.24, 2.45) is 5.92 Å². The largest absolute Gasteiger partial charge is 0.394 e. The molecule has 5 nitrogen and oxygen atoms in total. The van der Waals surface area contributed by atoms with Crippen LogP contribution in [-0.2, 0) is 6.54 Å². The summed E-state index contributed by atoms with van der Waals surface area (Å²) in [6.07, 6.45) is 0. The first-order valence-corrected chi connectivity index (χ1v) is 9.66. The maximum atomic E-state index is 9.65. The van der Waals surface area contributed by atoms with Crippen molar-refractivity contribution in [1.82, 2.24) is 9.97 Å². The van der Waals surface area contributed by atoms with Crippen molar-refractivity contribution in [1.29, 1.82) is 0 Å². The number of aliphatic hydroxyl groups excluding tert-OH is 1. The van der Waals surface area contributed by atoms with E-state index in [0.717, 1.165) is 17.1 Å². The van der Waals surface area contributed by atoms with Crippen LogP contribution in [0.3, 0.4) is 0 Å². The molecule has 0 saturated heterocycles. The van der Waals surface area contributed by atoms with Gasteiger partial charge in [-0.1, -0.05) is 74.0 Å². The van der Waals surface area contributed by atoms with E-state index in [4.69, 9.17) is 0 Å². The molecule has 3 N–H and O–H groups in total. The van der Waals surface area contributed by atoms with Crippen LogP contribution >= 0.6 is 0 Å². The number of aliphatic hydroxyl groups is 1. The Morgan fingerprint density at radius 2 is 1.68 bits per heavy atom. The lowest BCUT2D eigenvalue weighted by Gasteiger charge is -2.20. The molecule has 0 unspecified atom stereocenters. The first-order chi connectivity index (χ1) is 13.5. The molecular weight excluding hydrogens is 348 g/mol. The molecule has 0 radical (unpaired) electrons. The molecule has 0 spiro atoms. The molecule has 0 aliphatic rings. The van der Waals surface area contributed by atoms with Gasteiger partial charge in [-0.25, -0.2) is 4.98 Å². The summed E-state index contributed by atoms with van der Waals surface area (Å²) in [6.45, 7) is 6.91. The zero-order chi connectivity index (χ0) is 19.9. The molecule has 28 heavy (non-hydrogen) atoms. The highest BCUT2D eigenvalue weighted by atomic mass is 16.3. The highest BCUT2D eigenvalue weighted by Gasteiger charge is 2.15. The monoisotopic (exact) mass is 376 g/mol. The molecular formula is C23H28N4O. The molecule has 0 bridgehead atoms. The van der Waals surface area contributed by atoms with E-state index >= 15 is 0 Å². The van der Waals surface area contributed by atoms with Crippen molar-refractivity contribution in [3.05, 3.63) is 71.8 Å². The third-order valence-electron chi connectivity index (χ3n) is 4.71. The first kappa shape index (κ1) is 19.8. The standard InChI is InChI=1S/C23H28N4O/c1-16(2)21(15-28)26-23-25-20(19-7-5-4-6-8-19)13-22(27-23)24-14-18-11-9-17(3)10-12-18/h4-13,16,21,28H,14-15H2,1-3H3,(H2,24,25,26,27)/t21-/m1/s1. The van der Waals surface area contributed by atoms with Gasteiger partial charge in [0.05, 0.1) is 18.3 Å². The number of aryl methyl sites for hydroxylation is 1. The summed E-state index contributed by atoms with van der Waals surface area (Å²) in [6, 6.07) is 20.3. The van der Waals surface area contributed by atoms with E-state index in [9.17, 15) is 5.11 Å². The van der Waals surface area contributed by atoms with Crippen LogP contribution in [0.25, 0.3) is 11.3 Å². The van der Waals surface area contributed by atoms with Gasteiger partial charge in [0.15, 0.2) is 0 Å². The lowest BCUT2D eigenvalue weighted by molar-refractivity contribution is 0.248. The summed E-state index contributed by atoms with van der Waals surface area (Å²) in [5.41, 5.74) is 4.30. The van der Waals surface area contributed by atoms with Crippen LogP contribution < -0.4 is 10.6 Å². The number of rotatable bonds is 8. The Balaban J connectivity index is 1.87. The van der Waals surface area contributed by atoms with Crippen LogP contribution in [0.4, 0.5) is 11.8 Å². The van der Waals surface area contributed by atoms with Gasteiger partial charge in [0.25, 0.3) is 0 Å². The van der Waals surface area contributed by atoms with Gasteiger partial charge in [-0.15, -0.1) is 0 Å². The number of hydrogen-bond donors (Lipinski definition) is 3. The number of anilines is 2. The van der Waals surface area contributed by atoms with Crippen molar-refractivity contribution in [3.63, 3.8) is 0 Å². The minimum absolute atomic E-state index is 0.0305. The summed E-state index contributed by atoms with van der Waals surface area (Å²) in [5, 5.41) is 16.3. The van der Waals surface area contributed by atoms with E-state index in [2.05, 4.69) is 65.6 Å². The van der Waals surface area contributed by atoms with E-state index in [-0.39, 0.29) is 18.6 Å². The molecule has 1 atom stereocenters. The molecule has 0 amide bonds.